The molecule has 0 heterocycles. The van der Waals surface area contributed by atoms with E-state index in [0.29, 0.717) is 0 Å². The molecule has 0 unspecified atom stereocenters. The highest BCUT2D eigenvalue weighted by Gasteiger charge is 2.16. The average molecular weight is 260 g/mol. The van der Waals surface area contributed by atoms with Crippen molar-refractivity contribution in [3.05, 3.63) is 29.8 Å². The Morgan fingerprint density at radius 2 is 1.68 bits per heavy atom. The van der Waals surface area contributed by atoms with Crippen molar-refractivity contribution in [1.29, 1.82) is 0 Å². The summed E-state index contributed by atoms with van der Waals surface area (Å²) in [5.74, 6) is 0.802. The molecule has 1 aromatic rings. The van der Waals surface area contributed by atoms with Gasteiger partial charge in [-0.25, -0.2) is 0 Å². The molecule has 1 fully saturated rings. The predicted molar refractivity (Wildman–Crippen MR) is 83.9 cm³/mol. The summed E-state index contributed by atoms with van der Waals surface area (Å²) >= 11 is 0. The minimum Gasteiger partial charge on any atom is -0.383 e. The van der Waals surface area contributed by atoms with Crippen molar-refractivity contribution in [1.82, 2.24) is 5.32 Å². The zero-order valence-corrected chi connectivity index (χ0v) is 12.6. The normalized spacial score (nSPS) is 17.4. The van der Waals surface area contributed by atoms with E-state index < -0.39 is 0 Å². The molecule has 0 atom stereocenters. The summed E-state index contributed by atoms with van der Waals surface area (Å²) in [6.07, 6.45) is 6.98. The molecule has 106 valence electrons. The van der Waals surface area contributed by atoms with Crippen LogP contribution in [0.25, 0.3) is 0 Å². The molecule has 0 radical (unpaired) electrons. The summed E-state index contributed by atoms with van der Waals surface area (Å²) in [7, 11) is 2.01. The lowest BCUT2D eigenvalue weighted by molar-refractivity contribution is 0.443. The van der Waals surface area contributed by atoms with E-state index in [9.17, 15) is 0 Å². The van der Waals surface area contributed by atoms with Gasteiger partial charge in [-0.1, -0.05) is 31.4 Å². The molecule has 2 rings (SSSR count). The molecule has 0 saturated heterocycles. The van der Waals surface area contributed by atoms with Crippen molar-refractivity contribution in [2.45, 2.75) is 57.4 Å². The lowest BCUT2D eigenvalue weighted by atomic mass is 9.84. The molecule has 1 aromatic carbocycles. The first kappa shape index (κ1) is 14.4. The highest BCUT2D eigenvalue weighted by atomic mass is 15.0. The number of likely N-dealkylation sites (N-methyl/N-ethyl adjacent to an activating group) is 1. The van der Waals surface area contributed by atoms with Gasteiger partial charge in [0.05, 0.1) is 0 Å². The Morgan fingerprint density at radius 1 is 1.05 bits per heavy atom. The lowest BCUT2D eigenvalue weighted by Crippen LogP contribution is -2.42. The number of anilines is 1. The van der Waals surface area contributed by atoms with Crippen LogP contribution in [-0.2, 0) is 0 Å². The van der Waals surface area contributed by atoms with Gasteiger partial charge in [-0.05, 0) is 57.4 Å². The molecule has 2 N–H and O–H groups in total. The quantitative estimate of drug-likeness (QED) is 0.831. The van der Waals surface area contributed by atoms with Crippen LogP contribution < -0.4 is 10.6 Å². The smallest absolute Gasteiger partial charge is 0.0340 e. The van der Waals surface area contributed by atoms with E-state index in [1.807, 2.05) is 7.05 Å². The van der Waals surface area contributed by atoms with E-state index >= 15 is 0 Å². The van der Waals surface area contributed by atoms with Gasteiger partial charge in [-0.2, -0.15) is 0 Å². The van der Waals surface area contributed by atoms with Crippen LogP contribution >= 0.6 is 0 Å². The first-order valence-corrected chi connectivity index (χ1v) is 7.63. The second-order valence-corrected chi connectivity index (χ2v) is 6.44. The van der Waals surface area contributed by atoms with Gasteiger partial charge in [0.2, 0.25) is 0 Å². The van der Waals surface area contributed by atoms with E-state index in [0.717, 1.165) is 12.5 Å². The third-order valence-corrected chi connectivity index (χ3v) is 4.40. The highest BCUT2D eigenvalue weighted by Crippen LogP contribution is 2.32. The van der Waals surface area contributed by atoms with Gasteiger partial charge < -0.3 is 10.6 Å². The third kappa shape index (κ3) is 4.24. The van der Waals surface area contributed by atoms with Crippen LogP contribution in [0, 0.1) is 0 Å². The Labute approximate surface area is 118 Å². The van der Waals surface area contributed by atoms with Crippen molar-refractivity contribution >= 4 is 5.69 Å². The Bertz CT molecular complexity index is 375. The van der Waals surface area contributed by atoms with Gasteiger partial charge >= 0.3 is 0 Å². The number of nitrogens with one attached hydrogen (secondary N) is 2. The van der Waals surface area contributed by atoms with Crippen LogP contribution in [0.1, 0.15) is 57.4 Å². The predicted octanol–water partition coefficient (Wildman–Crippen LogP) is 4.14. The number of hydrogen-bond donors (Lipinski definition) is 2. The minimum absolute atomic E-state index is 0.127. The number of hydrogen-bond acceptors (Lipinski definition) is 2. The van der Waals surface area contributed by atoms with E-state index in [2.05, 4.69) is 48.7 Å². The monoisotopic (exact) mass is 260 g/mol. The summed E-state index contributed by atoms with van der Waals surface area (Å²) < 4.78 is 0. The van der Waals surface area contributed by atoms with Crippen molar-refractivity contribution in [2.75, 3.05) is 18.9 Å². The molecule has 0 aromatic heterocycles. The maximum Gasteiger partial charge on any atom is 0.0340 e. The second-order valence-electron chi connectivity index (χ2n) is 6.44. The van der Waals surface area contributed by atoms with Crippen molar-refractivity contribution in [3.8, 4) is 0 Å². The topological polar surface area (TPSA) is 24.1 Å². The van der Waals surface area contributed by atoms with Gasteiger partial charge in [-0.3, -0.25) is 0 Å². The molecule has 1 saturated carbocycles. The van der Waals surface area contributed by atoms with Crippen LogP contribution in [0.5, 0.6) is 0 Å². The molecule has 1 aliphatic rings. The van der Waals surface area contributed by atoms with Crippen LogP contribution in [0.4, 0.5) is 5.69 Å². The van der Waals surface area contributed by atoms with Crippen LogP contribution in [0.2, 0.25) is 0 Å². The van der Waals surface area contributed by atoms with E-state index in [1.165, 1.54) is 43.4 Å². The van der Waals surface area contributed by atoms with E-state index in [4.69, 9.17) is 0 Å². The summed E-state index contributed by atoms with van der Waals surface area (Å²) in [6.45, 7) is 5.35. The molecule has 0 bridgehead atoms. The first-order chi connectivity index (χ1) is 9.11. The van der Waals surface area contributed by atoms with Gasteiger partial charge in [0.25, 0.3) is 0 Å². The zero-order valence-electron chi connectivity index (χ0n) is 12.6. The molecular weight excluding hydrogens is 232 g/mol. The second kappa shape index (κ2) is 6.42. The summed E-state index contributed by atoms with van der Waals surface area (Å²) in [5, 5.41) is 6.82. The van der Waals surface area contributed by atoms with Gasteiger partial charge in [0.15, 0.2) is 0 Å². The fraction of sp³-hybridized carbons (Fsp3) is 0.647. The fourth-order valence-corrected chi connectivity index (χ4v) is 2.72. The molecule has 0 aliphatic heterocycles. The van der Waals surface area contributed by atoms with Gasteiger partial charge in [-0.15, -0.1) is 0 Å². The zero-order chi connectivity index (χ0) is 13.7. The Kier molecular flexibility index (Phi) is 4.87. The van der Waals surface area contributed by atoms with Crippen molar-refractivity contribution in [3.63, 3.8) is 0 Å². The van der Waals surface area contributed by atoms with Crippen molar-refractivity contribution < 1.29 is 0 Å². The van der Waals surface area contributed by atoms with Crippen molar-refractivity contribution in [2.24, 2.45) is 0 Å². The van der Waals surface area contributed by atoms with Gasteiger partial charge in [0, 0.05) is 17.8 Å². The summed E-state index contributed by atoms with van der Waals surface area (Å²) in [4.78, 5) is 0. The molecule has 2 heteroatoms. The number of benzene rings is 1. The fourth-order valence-electron chi connectivity index (χ4n) is 2.72. The number of rotatable bonds is 5. The lowest BCUT2D eigenvalue weighted by Gasteiger charge is -2.25. The molecule has 1 aliphatic carbocycles. The van der Waals surface area contributed by atoms with Gasteiger partial charge in [0.1, 0.15) is 0 Å². The standard InChI is InChI=1S/C17H28N2/c1-17(2,18-3)13-19-16-11-9-15(10-12-16)14-7-5-4-6-8-14/h9-12,14,18-19H,4-8,13H2,1-3H3. The third-order valence-electron chi connectivity index (χ3n) is 4.40. The Balaban J connectivity index is 1.91. The highest BCUT2D eigenvalue weighted by molar-refractivity contribution is 5.45. The largest absolute Gasteiger partial charge is 0.383 e. The molecule has 0 spiro atoms. The van der Waals surface area contributed by atoms with Crippen LogP contribution in [-0.4, -0.2) is 19.1 Å². The SMILES string of the molecule is CNC(C)(C)CNc1ccc(C2CCCCC2)cc1. The molecule has 0 amide bonds. The van der Waals surface area contributed by atoms with E-state index in [1.54, 1.807) is 0 Å². The molecule has 19 heavy (non-hydrogen) atoms. The van der Waals surface area contributed by atoms with Crippen LogP contribution in [0.15, 0.2) is 24.3 Å². The molecule has 2 nitrogen and oxygen atoms in total. The van der Waals surface area contributed by atoms with E-state index in [-0.39, 0.29) is 5.54 Å². The first-order valence-electron chi connectivity index (χ1n) is 7.63. The Hall–Kier alpha value is -1.02. The maximum atomic E-state index is 3.50. The Morgan fingerprint density at radius 3 is 2.26 bits per heavy atom. The minimum atomic E-state index is 0.127. The summed E-state index contributed by atoms with van der Waals surface area (Å²) in [5.41, 5.74) is 2.88. The maximum absolute atomic E-state index is 3.50. The summed E-state index contributed by atoms with van der Waals surface area (Å²) in [6, 6.07) is 9.08. The van der Waals surface area contributed by atoms with Crippen LogP contribution in [0.3, 0.4) is 0 Å². The average Bonchev–Trinajstić information content (AvgIpc) is 2.47. The molecular formula is C17H28N2.